The first-order chi connectivity index (χ1) is 11.9. The summed E-state index contributed by atoms with van der Waals surface area (Å²) in [5, 5.41) is 6.60. The summed E-state index contributed by atoms with van der Waals surface area (Å²) >= 11 is 0. The molecule has 142 valence electrons. The van der Waals surface area contributed by atoms with E-state index in [9.17, 15) is 0 Å². The Bertz CT molecular complexity index is 306. The normalized spacial score (nSPS) is 16.8. The third-order valence-electron chi connectivity index (χ3n) is 4.04. The van der Waals surface area contributed by atoms with E-state index in [1.807, 2.05) is 0 Å². The fourth-order valence-electron chi connectivity index (χ4n) is 2.75. The number of hydrogen-bond donors (Lipinski definition) is 2. The fraction of sp³-hybridized carbons (Fsp3) is 0.944. The Morgan fingerprint density at radius 1 is 1.00 bits per heavy atom. The minimum Gasteiger partial charge on any atom is -0.382 e. The van der Waals surface area contributed by atoms with Crippen molar-refractivity contribution in [3.8, 4) is 0 Å². The van der Waals surface area contributed by atoms with Gasteiger partial charge in [-0.3, -0.25) is 4.99 Å². The first-order valence-electron chi connectivity index (χ1n) is 9.57. The van der Waals surface area contributed by atoms with Crippen LogP contribution in [-0.4, -0.2) is 65.2 Å². The van der Waals surface area contributed by atoms with Crippen LogP contribution < -0.4 is 10.6 Å². The molecule has 1 aliphatic carbocycles. The van der Waals surface area contributed by atoms with E-state index >= 15 is 0 Å². The van der Waals surface area contributed by atoms with Gasteiger partial charge >= 0.3 is 0 Å². The van der Waals surface area contributed by atoms with Crippen LogP contribution >= 0.6 is 0 Å². The van der Waals surface area contributed by atoms with Crippen molar-refractivity contribution < 1.29 is 14.2 Å². The molecule has 1 saturated carbocycles. The molecule has 0 saturated heterocycles. The summed E-state index contributed by atoms with van der Waals surface area (Å²) in [6.07, 6.45) is 9.17. The highest BCUT2D eigenvalue weighted by atomic mass is 16.5. The van der Waals surface area contributed by atoms with Crippen molar-refractivity contribution in [1.29, 1.82) is 0 Å². The summed E-state index contributed by atoms with van der Waals surface area (Å²) in [4.78, 5) is 4.56. The molecule has 0 aromatic rings. The van der Waals surface area contributed by atoms with Crippen molar-refractivity contribution in [2.45, 2.75) is 58.0 Å². The lowest BCUT2D eigenvalue weighted by Crippen LogP contribution is -2.39. The third kappa shape index (κ3) is 11.6. The molecule has 0 unspecified atom stereocenters. The predicted octanol–water partition coefficient (Wildman–Crippen LogP) is 2.33. The van der Waals surface area contributed by atoms with Crippen molar-refractivity contribution in [3.63, 3.8) is 0 Å². The summed E-state index contributed by atoms with van der Waals surface area (Å²) < 4.78 is 16.4. The highest BCUT2D eigenvalue weighted by Gasteiger charge is 2.11. The summed E-state index contributed by atoms with van der Waals surface area (Å²) in [5.74, 6) is 0.860. The largest absolute Gasteiger partial charge is 0.382 e. The minimum atomic E-state index is 0.457. The van der Waals surface area contributed by atoms with Gasteiger partial charge in [0, 0.05) is 33.4 Å². The van der Waals surface area contributed by atoms with Gasteiger partial charge in [0.05, 0.1) is 25.9 Å². The van der Waals surface area contributed by atoms with Gasteiger partial charge in [-0.1, -0.05) is 25.7 Å². The van der Waals surface area contributed by atoms with Crippen molar-refractivity contribution in [2.75, 3.05) is 53.2 Å². The van der Waals surface area contributed by atoms with Gasteiger partial charge in [0.25, 0.3) is 0 Å². The second-order valence-electron chi connectivity index (χ2n) is 6.13. The van der Waals surface area contributed by atoms with E-state index in [2.05, 4.69) is 22.5 Å². The van der Waals surface area contributed by atoms with Crippen molar-refractivity contribution in [3.05, 3.63) is 0 Å². The van der Waals surface area contributed by atoms with E-state index in [0.29, 0.717) is 19.3 Å². The summed E-state index contributed by atoms with van der Waals surface area (Å²) in [7, 11) is 1.68. The standard InChI is InChI=1S/C18H37N3O3/c1-3-19-18(20-11-8-13-23-16-15-22-2)21-12-14-24-17-9-6-4-5-7-10-17/h17H,3-16H2,1-2H3,(H2,19,20,21). The lowest BCUT2D eigenvalue weighted by molar-refractivity contribution is 0.0468. The van der Waals surface area contributed by atoms with Crippen LogP contribution in [0.5, 0.6) is 0 Å². The molecule has 0 radical (unpaired) electrons. The van der Waals surface area contributed by atoms with Gasteiger partial charge in [-0.15, -0.1) is 0 Å². The zero-order valence-electron chi connectivity index (χ0n) is 15.6. The Morgan fingerprint density at radius 2 is 1.79 bits per heavy atom. The zero-order chi connectivity index (χ0) is 17.3. The van der Waals surface area contributed by atoms with Crippen molar-refractivity contribution >= 4 is 5.96 Å². The summed E-state index contributed by atoms with van der Waals surface area (Å²) in [6.45, 7) is 7.25. The number of aliphatic imine (C=N–C) groups is 1. The van der Waals surface area contributed by atoms with Gasteiger partial charge in [0.2, 0.25) is 0 Å². The third-order valence-corrected chi connectivity index (χ3v) is 4.04. The fourth-order valence-corrected chi connectivity index (χ4v) is 2.75. The second-order valence-corrected chi connectivity index (χ2v) is 6.13. The number of nitrogens with one attached hydrogen (secondary N) is 2. The molecule has 6 heteroatoms. The number of guanidine groups is 1. The Kier molecular flexibility index (Phi) is 13.8. The number of ether oxygens (including phenoxy) is 3. The van der Waals surface area contributed by atoms with Gasteiger partial charge in [-0.25, -0.2) is 0 Å². The van der Waals surface area contributed by atoms with Crippen LogP contribution in [0, 0.1) is 0 Å². The Balaban J connectivity index is 2.09. The first kappa shape index (κ1) is 21.2. The van der Waals surface area contributed by atoms with E-state index in [1.165, 1.54) is 38.5 Å². The number of methoxy groups -OCH3 is 1. The molecule has 0 atom stereocenters. The average Bonchev–Trinajstić information content (AvgIpc) is 2.86. The highest BCUT2D eigenvalue weighted by Crippen LogP contribution is 2.19. The molecular weight excluding hydrogens is 306 g/mol. The van der Waals surface area contributed by atoms with Gasteiger partial charge in [-0.05, 0) is 26.2 Å². The molecule has 1 aliphatic rings. The molecule has 1 rings (SSSR count). The van der Waals surface area contributed by atoms with Crippen LogP contribution in [0.15, 0.2) is 4.99 Å². The van der Waals surface area contributed by atoms with Crippen LogP contribution in [0.4, 0.5) is 0 Å². The maximum Gasteiger partial charge on any atom is 0.191 e. The quantitative estimate of drug-likeness (QED) is 0.246. The number of hydrogen-bond acceptors (Lipinski definition) is 4. The molecule has 6 nitrogen and oxygen atoms in total. The van der Waals surface area contributed by atoms with Gasteiger partial charge in [0.15, 0.2) is 5.96 Å². The highest BCUT2D eigenvalue weighted by molar-refractivity contribution is 5.79. The minimum absolute atomic E-state index is 0.457. The molecule has 0 spiro atoms. The molecule has 0 amide bonds. The zero-order valence-corrected chi connectivity index (χ0v) is 15.6. The van der Waals surface area contributed by atoms with Crippen LogP contribution in [0.25, 0.3) is 0 Å². The monoisotopic (exact) mass is 343 g/mol. The van der Waals surface area contributed by atoms with Crippen molar-refractivity contribution in [1.82, 2.24) is 10.6 Å². The number of nitrogens with zero attached hydrogens (tertiary/aromatic N) is 1. The van der Waals surface area contributed by atoms with Gasteiger partial charge in [-0.2, -0.15) is 0 Å². The molecule has 1 fully saturated rings. The topological polar surface area (TPSA) is 64.1 Å². The average molecular weight is 344 g/mol. The van der Waals surface area contributed by atoms with E-state index in [4.69, 9.17) is 14.2 Å². The van der Waals surface area contributed by atoms with Gasteiger partial charge in [0.1, 0.15) is 0 Å². The first-order valence-corrected chi connectivity index (χ1v) is 9.57. The molecule has 0 aromatic heterocycles. The maximum atomic E-state index is 5.99. The maximum absolute atomic E-state index is 5.99. The van der Waals surface area contributed by atoms with E-state index in [-0.39, 0.29) is 0 Å². The van der Waals surface area contributed by atoms with Crippen LogP contribution in [0.2, 0.25) is 0 Å². The molecule has 24 heavy (non-hydrogen) atoms. The second kappa shape index (κ2) is 15.7. The lowest BCUT2D eigenvalue weighted by Gasteiger charge is -2.16. The smallest absolute Gasteiger partial charge is 0.191 e. The SMILES string of the molecule is CCNC(=NCCCOCCOC)NCCOC1CCCCCC1. The molecule has 2 N–H and O–H groups in total. The van der Waals surface area contributed by atoms with E-state index in [1.54, 1.807) is 7.11 Å². The molecular formula is C18H37N3O3. The molecule has 0 aromatic carbocycles. The van der Waals surface area contributed by atoms with Crippen molar-refractivity contribution in [2.24, 2.45) is 4.99 Å². The van der Waals surface area contributed by atoms with E-state index in [0.717, 1.165) is 45.2 Å². The van der Waals surface area contributed by atoms with Crippen LogP contribution in [0.1, 0.15) is 51.9 Å². The Labute approximate surface area is 147 Å². The Hall–Kier alpha value is -0.850. The molecule has 0 heterocycles. The lowest BCUT2D eigenvalue weighted by atomic mass is 10.1. The van der Waals surface area contributed by atoms with Crippen LogP contribution in [-0.2, 0) is 14.2 Å². The Morgan fingerprint density at radius 3 is 2.50 bits per heavy atom. The van der Waals surface area contributed by atoms with Crippen LogP contribution in [0.3, 0.4) is 0 Å². The molecule has 0 bridgehead atoms. The molecule has 0 aliphatic heterocycles. The summed E-state index contributed by atoms with van der Waals surface area (Å²) in [5.41, 5.74) is 0. The van der Waals surface area contributed by atoms with Gasteiger partial charge < -0.3 is 24.8 Å². The predicted molar refractivity (Wildman–Crippen MR) is 98.7 cm³/mol. The summed E-state index contributed by atoms with van der Waals surface area (Å²) in [6, 6.07) is 0. The van der Waals surface area contributed by atoms with E-state index < -0.39 is 0 Å². The number of rotatable bonds is 12.